The molecule has 4 atom stereocenters. The summed E-state index contributed by atoms with van der Waals surface area (Å²) in [5.74, 6) is -3.48. The third-order valence-electron chi connectivity index (χ3n) is 9.05. The van der Waals surface area contributed by atoms with E-state index in [4.69, 9.17) is 5.73 Å². The second-order valence-electron chi connectivity index (χ2n) is 13.0. The van der Waals surface area contributed by atoms with E-state index in [2.05, 4.69) is 26.6 Å². The Balaban J connectivity index is 1.65. The van der Waals surface area contributed by atoms with Crippen LogP contribution in [0.3, 0.4) is 0 Å². The molecule has 1 heterocycles. The summed E-state index contributed by atoms with van der Waals surface area (Å²) < 4.78 is 0. The zero-order valence-corrected chi connectivity index (χ0v) is 28.0. The Labute approximate surface area is 287 Å². The summed E-state index contributed by atoms with van der Waals surface area (Å²) >= 11 is 0. The molecular formula is C37H48N6O6. The number of carbonyl (C=O) groups excluding carboxylic acids is 6. The fourth-order valence-corrected chi connectivity index (χ4v) is 6.28. The smallest absolute Gasteiger partial charge is 0.244 e. The van der Waals surface area contributed by atoms with E-state index in [-0.39, 0.29) is 31.7 Å². The molecule has 49 heavy (non-hydrogen) atoms. The maximum Gasteiger partial charge on any atom is 0.244 e. The maximum absolute atomic E-state index is 14.0. The van der Waals surface area contributed by atoms with Crippen LogP contribution in [0.2, 0.25) is 0 Å². The number of hydrogen-bond donors (Lipinski definition) is 6. The third-order valence-corrected chi connectivity index (χ3v) is 9.05. The lowest BCUT2D eigenvalue weighted by Crippen LogP contribution is -2.58. The number of nitrogens with two attached hydrogens (primary N) is 1. The number of aryl methyl sites for hydroxylation is 1. The summed E-state index contributed by atoms with van der Waals surface area (Å²) in [6.45, 7) is 2.10. The van der Waals surface area contributed by atoms with Crippen LogP contribution in [-0.4, -0.2) is 66.2 Å². The summed E-state index contributed by atoms with van der Waals surface area (Å²) in [4.78, 5) is 79.2. The van der Waals surface area contributed by atoms with Crippen molar-refractivity contribution < 1.29 is 28.8 Å². The minimum Gasteiger partial charge on any atom is -0.368 e. The van der Waals surface area contributed by atoms with E-state index in [9.17, 15) is 28.8 Å². The van der Waals surface area contributed by atoms with Crippen molar-refractivity contribution in [2.45, 2.75) is 95.3 Å². The quantitative estimate of drug-likeness (QED) is 0.259. The fraction of sp³-hybridized carbons (Fsp3) is 0.459. The largest absolute Gasteiger partial charge is 0.368 e. The van der Waals surface area contributed by atoms with Crippen LogP contribution in [0.5, 0.6) is 0 Å². The molecule has 0 aromatic heterocycles. The average Bonchev–Trinajstić information content (AvgIpc) is 3.09. The molecule has 2 aromatic carbocycles. The molecule has 12 heteroatoms. The first-order chi connectivity index (χ1) is 23.6. The van der Waals surface area contributed by atoms with Gasteiger partial charge in [-0.2, -0.15) is 0 Å². The van der Waals surface area contributed by atoms with E-state index in [1.54, 1.807) is 0 Å². The molecule has 2 aromatic rings. The molecule has 1 saturated carbocycles. The first-order valence-electron chi connectivity index (χ1n) is 17.1. The lowest BCUT2D eigenvalue weighted by Gasteiger charge is -2.28. The molecule has 6 amide bonds. The average molecular weight is 673 g/mol. The van der Waals surface area contributed by atoms with Crippen molar-refractivity contribution in [3.8, 4) is 0 Å². The molecule has 1 fully saturated rings. The first-order valence-corrected chi connectivity index (χ1v) is 17.1. The van der Waals surface area contributed by atoms with Crippen molar-refractivity contribution in [3.63, 3.8) is 0 Å². The van der Waals surface area contributed by atoms with E-state index in [0.717, 1.165) is 60.9 Å². The van der Waals surface area contributed by atoms with E-state index >= 15 is 0 Å². The van der Waals surface area contributed by atoms with Crippen molar-refractivity contribution in [1.82, 2.24) is 26.6 Å². The minimum atomic E-state index is -1.06. The van der Waals surface area contributed by atoms with E-state index in [1.807, 2.05) is 61.5 Å². The van der Waals surface area contributed by atoms with Crippen molar-refractivity contribution in [1.29, 1.82) is 0 Å². The predicted octanol–water partition coefficient (Wildman–Crippen LogP) is 1.64. The van der Waals surface area contributed by atoms with E-state index in [1.165, 1.54) is 0 Å². The second kappa shape index (κ2) is 18.5. The van der Waals surface area contributed by atoms with Gasteiger partial charge in [-0.3, -0.25) is 28.8 Å². The van der Waals surface area contributed by atoms with Crippen LogP contribution in [0.25, 0.3) is 0 Å². The highest BCUT2D eigenvalue weighted by Gasteiger charge is 2.32. The van der Waals surface area contributed by atoms with Gasteiger partial charge in [0.05, 0.1) is 0 Å². The van der Waals surface area contributed by atoms with Crippen LogP contribution in [0, 0.1) is 12.8 Å². The molecule has 1 aliphatic carbocycles. The summed E-state index contributed by atoms with van der Waals surface area (Å²) in [5, 5.41) is 13.8. The highest BCUT2D eigenvalue weighted by atomic mass is 16.2. The zero-order chi connectivity index (χ0) is 35.2. The van der Waals surface area contributed by atoms with Crippen molar-refractivity contribution in [3.05, 3.63) is 83.4 Å². The standard InChI is InChI=1S/C37H48N6O6/c1-24-14-16-27(17-15-24)23-29-35(47)39-20-8-13-28(34(38)46)40-32(44)18-19-33(45)41-30(21-25-9-4-2-5-10-25)36(48)43-31(37(49)42-29)22-26-11-6-3-7-12-26/h3,6-7,11-12,14-19,25,28-31H,2,4-5,8-10,13,20-23H2,1H3,(H2,38,46)(H,39,47)(H,40,44)(H,41,45)(H,42,49)(H,43,48)/b19-18+/t28-,29-,30-,31-/m0/s1. The molecule has 262 valence electrons. The lowest BCUT2D eigenvalue weighted by molar-refractivity contribution is -0.133. The van der Waals surface area contributed by atoms with Crippen LogP contribution in [0.4, 0.5) is 0 Å². The molecule has 0 bridgehead atoms. The van der Waals surface area contributed by atoms with Gasteiger partial charge in [0.15, 0.2) is 0 Å². The minimum absolute atomic E-state index is 0.136. The van der Waals surface area contributed by atoms with Crippen LogP contribution < -0.4 is 32.3 Å². The molecular weight excluding hydrogens is 624 g/mol. The molecule has 7 N–H and O–H groups in total. The Kier molecular flexibility index (Phi) is 13.9. The summed E-state index contributed by atoms with van der Waals surface area (Å²) in [6.07, 6.45) is 8.11. The number of carbonyl (C=O) groups is 6. The molecule has 0 unspecified atom stereocenters. The number of benzene rings is 2. The Morgan fingerprint density at radius 1 is 0.653 bits per heavy atom. The number of primary amides is 1. The maximum atomic E-state index is 14.0. The van der Waals surface area contributed by atoms with Crippen LogP contribution >= 0.6 is 0 Å². The number of rotatable bonds is 7. The van der Waals surface area contributed by atoms with Gasteiger partial charge in [-0.1, -0.05) is 92.3 Å². The third kappa shape index (κ3) is 12.2. The van der Waals surface area contributed by atoms with Gasteiger partial charge in [0.2, 0.25) is 35.4 Å². The molecule has 1 aliphatic heterocycles. The monoisotopic (exact) mass is 672 g/mol. The van der Waals surface area contributed by atoms with Gasteiger partial charge in [-0.05, 0) is 43.2 Å². The van der Waals surface area contributed by atoms with Gasteiger partial charge in [-0.15, -0.1) is 0 Å². The predicted molar refractivity (Wildman–Crippen MR) is 185 cm³/mol. The van der Waals surface area contributed by atoms with Gasteiger partial charge in [0, 0.05) is 31.5 Å². The normalized spacial score (nSPS) is 24.5. The van der Waals surface area contributed by atoms with Crippen LogP contribution in [0.15, 0.2) is 66.7 Å². The van der Waals surface area contributed by atoms with Gasteiger partial charge in [0.1, 0.15) is 24.2 Å². The van der Waals surface area contributed by atoms with Crippen LogP contribution in [0.1, 0.15) is 68.1 Å². The molecule has 0 radical (unpaired) electrons. The van der Waals surface area contributed by atoms with Crippen LogP contribution in [-0.2, 0) is 41.6 Å². The van der Waals surface area contributed by atoms with Crippen molar-refractivity contribution in [2.24, 2.45) is 11.7 Å². The lowest BCUT2D eigenvalue weighted by atomic mass is 9.84. The van der Waals surface area contributed by atoms with Gasteiger partial charge >= 0.3 is 0 Å². The first kappa shape index (κ1) is 36.8. The van der Waals surface area contributed by atoms with Gasteiger partial charge in [-0.25, -0.2) is 0 Å². The summed E-state index contributed by atoms with van der Waals surface area (Å²) in [5.41, 5.74) is 8.18. The highest BCUT2D eigenvalue weighted by molar-refractivity contribution is 6.00. The van der Waals surface area contributed by atoms with E-state index < -0.39 is 59.6 Å². The molecule has 4 rings (SSSR count). The summed E-state index contributed by atoms with van der Waals surface area (Å²) in [7, 11) is 0. The Morgan fingerprint density at radius 3 is 1.86 bits per heavy atom. The fourth-order valence-electron chi connectivity index (χ4n) is 6.28. The number of amides is 6. The molecule has 0 saturated heterocycles. The van der Waals surface area contributed by atoms with Gasteiger partial charge < -0.3 is 32.3 Å². The van der Waals surface area contributed by atoms with Crippen molar-refractivity contribution >= 4 is 35.4 Å². The number of nitrogens with one attached hydrogen (secondary N) is 5. The van der Waals surface area contributed by atoms with Gasteiger partial charge in [0.25, 0.3) is 0 Å². The van der Waals surface area contributed by atoms with Crippen molar-refractivity contribution in [2.75, 3.05) is 6.54 Å². The van der Waals surface area contributed by atoms with E-state index in [0.29, 0.717) is 12.8 Å². The second-order valence-corrected chi connectivity index (χ2v) is 13.0. The molecule has 12 nitrogen and oxygen atoms in total. The summed E-state index contributed by atoms with van der Waals surface area (Å²) in [6, 6.07) is 12.8. The molecule has 2 aliphatic rings. The number of hydrogen-bond acceptors (Lipinski definition) is 6. The zero-order valence-electron chi connectivity index (χ0n) is 28.0. The molecule has 0 spiro atoms. The Hall–Kier alpha value is -5.00. The Morgan fingerprint density at radius 2 is 1.22 bits per heavy atom. The Bertz CT molecular complexity index is 1490. The highest BCUT2D eigenvalue weighted by Crippen LogP contribution is 2.27. The SMILES string of the molecule is Cc1ccc(C[C@@H]2NC(=O)[C@H](Cc3ccccc3)NC(=O)[C@H](CC3CCCCC3)NC(=O)/C=C/C(=O)N[C@H](C(N)=O)CCCNC2=O)cc1. The topological polar surface area (TPSA) is 189 Å².